The monoisotopic (exact) mass is 738 g/mol. The van der Waals surface area contributed by atoms with Crippen molar-refractivity contribution in [2.75, 3.05) is 0 Å². The Morgan fingerprint density at radius 2 is 1.19 bits per heavy atom. The van der Waals surface area contributed by atoms with E-state index in [9.17, 15) is 0 Å². The molecule has 0 bridgehead atoms. The zero-order chi connectivity index (χ0) is 33.1. The second-order valence-corrected chi connectivity index (χ2v) is 16.1. The van der Waals surface area contributed by atoms with E-state index >= 15 is 0 Å². The normalized spacial score (nSPS) is 14.4. The minimum atomic E-state index is 0. The molecule has 0 aromatic heterocycles. The molecular formula is C44H50Cl2Zr-2. The van der Waals surface area contributed by atoms with E-state index in [0.717, 1.165) is 6.42 Å². The molecule has 0 heterocycles. The van der Waals surface area contributed by atoms with Gasteiger partial charge in [0.2, 0.25) is 0 Å². The third kappa shape index (κ3) is 10.8. The number of rotatable bonds is 2. The van der Waals surface area contributed by atoms with E-state index < -0.39 is 0 Å². The maximum atomic E-state index is 3.67. The van der Waals surface area contributed by atoms with E-state index in [0.29, 0.717) is 5.92 Å². The average Bonchev–Trinajstić information content (AvgIpc) is 3.49. The van der Waals surface area contributed by atoms with Gasteiger partial charge in [0.25, 0.3) is 0 Å². The summed E-state index contributed by atoms with van der Waals surface area (Å²) in [6.07, 6.45) is 6.55. The Morgan fingerprint density at radius 1 is 0.681 bits per heavy atom. The molecule has 3 heteroatoms. The molecule has 0 aliphatic heterocycles. The molecule has 0 nitrogen and oxygen atoms in total. The molecule has 0 spiro atoms. The Kier molecular flexibility index (Phi) is 14.7. The average molecular weight is 741 g/mol. The summed E-state index contributed by atoms with van der Waals surface area (Å²) in [5.74, 6) is 0.551. The zero-order valence-corrected chi connectivity index (χ0v) is 34.1. The SMILES string of the molecule is CC(C)(C)c1[c-]c2c(cc1)-c1ccc(C(C)(C)C)cc1C2.CC1=[C-]C(C)C=C1C.Cc1ccc([C](=[Zr+2])c2ccc(C)cc2)cc1.[Cl-].[Cl-]. The summed E-state index contributed by atoms with van der Waals surface area (Å²) in [7, 11) is 0. The fraction of sp³-hybridized carbons (Fsp3) is 0.341. The van der Waals surface area contributed by atoms with Crippen molar-refractivity contribution in [2.24, 2.45) is 5.92 Å². The van der Waals surface area contributed by atoms with Crippen LogP contribution in [0.3, 0.4) is 0 Å². The number of fused-ring (bicyclic) bond motifs is 3. The summed E-state index contributed by atoms with van der Waals surface area (Å²) in [6, 6.07) is 32.7. The van der Waals surface area contributed by atoms with Crippen LogP contribution in [0.1, 0.15) is 107 Å². The first kappa shape index (κ1) is 40.9. The minimum absolute atomic E-state index is 0. The van der Waals surface area contributed by atoms with Gasteiger partial charge in [0.1, 0.15) is 0 Å². The molecular weight excluding hydrogens is 691 g/mol. The molecule has 47 heavy (non-hydrogen) atoms. The van der Waals surface area contributed by atoms with E-state index in [-0.39, 0.29) is 35.6 Å². The molecule has 0 fully saturated rings. The molecule has 246 valence electrons. The van der Waals surface area contributed by atoms with Gasteiger partial charge in [-0.2, -0.15) is 29.8 Å². The first-order chi connectivity index (χ1) is 21.0. The second kappa shape index (κ2) is 16.9. The number of benzene rings is 4. The molecule has 4 aromatic rings. The van der Waals surface area contributed by atoms with Crippen LogP contribution >= 0.6 is 0 Å². The predicted octanol–water partition coefficient (Wildman–Crippen LogP) is 5.41. The van der Waals surface area contributed by atoms with Crippen LogP contribution in [0.2, 0.25) is 0 Å². The van der Waals surface area contributed by atoms with Crippen LogP contribution in [0.5, 0.6) is 0 Å². The molecule has 2 aliphatic rings. The van der Waals surface area contributed by atoms with Crippen molar-refractivity contribution in [1.82, 2.24) is 0 Å². The number of allylic oxidation sites excluding steroid dienone is 4. The van der Waals surface area contributed by atoms with Gasteiger partial charge in [-0.25, -0.2) is 11.1 Å². The first-order valence-electron chi connectivity index (χ1n) is 16.2. The summed E-state index contributed by atoms with van der Waals surface area (Å²) >= 11 is 1.46. The molecule has 6 rings (SSSR count). The molecule has 1 atom stereocenters. The third-order valence-electron chi connectivity index (χ3n) is 8.68. The van der Waals surface area contributed by atoms with Crippen LogP contribution in [0.25, 0.3) is 11.1 Å². The van der Waals surface area contributed by atoms with E-state index in [1.54, 1.807) is 0 Å². The van der Waals surface area contributed by atoms with Crippen molar-refractivity contribution in [1.29, 1.82) is 0 Å². The van der Waals surface area contributed by atoms with Crippen LogP contribution in [0, 0.1) is 31.9 Å². The number of aryl methyl sites for hydroxylation is 2. The Morgan fingerprint density at radius 3 is 1.60 bits per heavy atom. The van der Waals surface area contributed by atoms with E-state index in [2.05, 4.69) is 173 Å². The number of halogens is 2. The van der Waals surface area contributed by atoms with Gasteiger partial charge in [0, 0.05) is 0 Å². The molecule has 0 N–H and O–H groups in total. The number of hydrogen-bond acceptors (Lipinski definition) is 0. The topological polar surface area (TPSA) is 0 Å². The van der Waals surface area contributed by atoms with Crippen LogP contribution in [-0.4, -0.2) is 3.21 Å². The summed E-state index contributed by atoms with van der Waals surface area (Å²) in [5.41, 5.74) is 16.7. The van der Waals surface area contributed by atoms with Crippen LogP contribution in [0.15, 0.2) is 96.1 Å². The van der Waals surface area contributed by atoms with Crippen LogP contribution in [0.4, 0.5) is 0 Å². The molecule has 0 radical (unpaired) electrons. The van der Waals surface area contributed by atoms with Crippen LogP contribution in [-0.2, 0) is 41.5 Å². The van der Waals surface area contributed by atoms with Crippen LogP contribution < -0.4 is 24.8 Å². The summed E-state index contributed by atoms with van der Waals surface area (Å²) in [6.45, 7) is 24.2. The van der Waals surface area contributed by atoms with Gasteiger partial charge in [-0.05, 0) is 28.4 Å². The quantitative estimate of drug-likeness (QED) is 0.213. The molecule has 0 saturated heterocycles. The molecule has 0 amide bonds. The van der Waals surface area contributed by atoms with Crippen molar-refractivity contribution in [3.63, 3.8) is 0 Å². The largest absolute Gasteiger partial charge is 1.00 e. The molecule has 2 aliphatic carbocycles. The standard InChI is InChI=1S/C21H25.C15H14.C8H11.2ClH.Zr/c1-20(2,3)16-7-9-18-14(12-16)11-15-13-17(21(4,5)6)8-10-19(15)18;1-12-3-7-14(8-4-12)11-15-9-5-13(2)6-10-15;1-6-4-7(2)8(3)5-6;;;/h7-10,12H,11H2,1-6H3;3-10H,1-2H3;4,6H,1-3H3;2*1H;/q-1;;-1;;;+2/p-2. The smallest absolute Gasteiger partial charge is 1.00 e. The van der Waals surface area contributed by atoms with Gasteiger partial charge in [-0.3, -0.25) is 6.08 Å². The second-order valence-electron chi connectivity index (χ2n) is 14.8. The fourth-order valence-electron chi connectivity index (χ4n) is 5.63. The van der Waals surface area contributed by atoms with Crippen molar-refractivity contribution in [3.05, 3.63) is 153 Å². The number of hydrogen-bond donors (Lipinski definition) is 0. The molecule has 1 unspecified atom stereocenters. The predicted molar refractivity (Wildman–Crippen MR) is 192 cm³/mol. The van der Waals surface area contributed by atoms with Gasteiger partial charge in [-0.15, -0.1) is 18.1 Å². The maximum Gasteiger partial charge on any atom is -1.00 e. The summed E-state index contributed by atoms with van der Waals surface area (Å²) in [4.78, 5) is 0. The van der Waals surface area contributed by atoms with Crippen molar-refractivity contribution in [2.45, 2.75) is 93.4 Å². The maximum absolute atomic E-state index is 3.67. The summed E-state index contributed by atoms with van der Waals surface area (Å²) in [5, 5.41) is 0. The molecule has 4 aromatic carbocycles. The third-order valence-corrected chi connectivity index (χ3v) is 10.1. The Hall–Kier alpha value is -2.31. The fourth-order valence-corrected chi connectivity index (χ4v) is 6.45. The van der Waals surface area contributed by atoms with Gasteiger partial charge in [-0.1, -0.05) is 85.1 Å². The first-order valence-corrected chi connectivity index (χ1v) is 17.5. The van der Waals surface area contributed by atoms with E-state index in [4.69, 9.17) is 0 Å². The zero-order valence-electron chi connectivity index (χ0n) is 30.1. The van der Waals surface area contributed by atoms with Crippen molar-refractivity contribution >= 4 is 3.21 Å². The van der Waals surface area contributed by atoms with Crippen molar-refractivity contribution in [3.8, 4) is 11.1 Å². The van der Waals surface area contributed by atoms with Gasteiger partial charge in [0.05, 0.1) is 0 Å². The Labute approximate surface area is 313 Å². The molecule has 0 saturated carbocycles. The Balaban J connectivity index is 0.000000262. The van der Waals surface area contributed by atoms with E-state index in [1.165, 1.54) is 94.2 Å². The van der Waals surface area contributed by atoms with Gasteiger partial charge >= 0.3 is 112 Å². The van der Waals surface area contributed by atoms with E-state index in [1.807, 2.05) is 0 Å². The minimum Gasteiger partial charge on any atom is -1.00 e. The van der Waals surface area contributed by atoms with Gasteiger partial charge < -0.3 is 24.8 Å². The van der Waals surface area contributed by atoms with Gasteiger partial charge in [0.15, 0.2) is 0 Å². The summed E-state index contributed by atoms with van der Waals surface area (Å²) < 4.78 is 1.42. The Bertz CT molecular complexity index is 1600. The van der Waals surface area contributed by atoms with Crippen molar-refractivity contribution < 1.29 is 49.0 Å².